The quantitative estimate of drug-likeness (QED) is 0.762. The van der Waals surface area contributed by atoms with Crippen molar-refractivity contribution in [3.05, 3.63) is 53.5 Å². The average molecular weight is 231 g/mol. The second-order valence-electron chi connectivity index (χ2n) is 3.56. The fourth-order valence-corrected chi connectivity index (χ4v) is 1.37. The Morgan fingerprint density at radius 2 is 2.00 bits per heavy atom. The fraction of sp³-hybridized carbons (Fsp3) is 0.0769. The van der Waals surface area contributed by atoms with Crippen LogP contribution >= 0.6 is 0 Å². The Hall–Kier alpha value is -2.23. The number of carbonyl (C=O) groups excluding carboxylic acids is 1. The summed E-state index contributed by atoms with van der Waals surface area (Å²) >= 11 is 0. The summed E-state index contributed by atoms with van der Waals surface area (Å²) in [7, 11) is 0. The van der Waals surface area contributed by atoms with Gasteiger partial charge in [0.05, 0.1) is 0 Å². The Balaban J connectivity index is 2.24. The number of rotatable bonds is 3. The van der Waals surface area contributed by atoms with E-state index in [4.69, 9.17) is 4.74 Å². The van der Waals surface area contributed by atoms with Crippen LogP contribution in [0.15, 0.2) is 36.5 Å². The minimum atomic E-state index is -0.321. The van der Waals surface area contributed by atoms with Crippen molar-refractivity contribution in [2.75, 3.05) is 0 Å². The van der Waals surface area contributed by atoms with Gasteiger partial charge in [0.2, 0.25) is 5.88 Å². The van der Waals surface area contributed by atoms with Gasteiger partial charge in [-0.05, 0) is 37.3 Å². The molecule has 0 unspecified atom stereocenters. The highest BCUT2D eigenvalue weighted by atomic mass is 19.1. The largest absolute Gasteiger partial charge is 0.439 e. The lowest BCUT2D eigenvalue weighted by molar-refractivity contribution is 0.112. The zero-order valence-corrected chi connectivity index (χ0v) is 9.18. The molecule has 0 radical (unpaired) electrons. The van der Waals surface area contributed by atoms with E-state index in [0.29, 0.717) is 17.2 Å². The smallest absolute Gasteiger partial charge is 0.222 e. The van der Waals surface area contributed by atoms with Gasteiger partial charge in [-0.1, -0.05) is 0 Å². The Morgan fingerprint density at radius 1 is 1.29 bits per heavy atom. The molecule has 17 heavy (non-hydrogen) atoms. The van der Waals surface area contributed by atoms with Gasteiger partial charge in [-0.2, -0.15) is 0 Å². The van der Waals surface area contributed by atoms with E-state index in [1.54, 1.807) is 13.0 Å². The lowest BCUT2D eigenvalue weighted by Crippen LogP contribution is -1.93. The molecule has 0 spiro atoms. The third-order valence-corrected chi connectivity index (χ3v) is 2.22. The number of hydrogen-bond donors (Lipinski definition) is 0. The summed E-state index contributed by atoms with van der Waals surface area (Å²) in [4.78, 5) is 14.6. The number of benzene rings is 1. The summed E-state index contributed by atoms with van der Waals surface area (Å²) in [6.07, 6.45) is 2.15. The molecule has 0 fully saturated rings. The van der Waals surface area contributed by atoms with Crippen LogP contribution in [-0.2, 0) is 0 Å². The molecule has 86 valence electrons. The van der Waals surface area contributed by atoms with Crippen molar-refractivity contribution >= 4 is 6.29 Å². The summed E-state index contributed by atoms with van der Waals surface area (Å²) in [5, 5.41) is 0. The van der Waals surface area contributed by atoms with Crippen molar-refractivity contribution < 1.29 is 13.9 Å². The molecule has 0 saturated carbocycles. The molecular weight excluding hydrogens is 221 g/mol. The van der Waals surface area contributed by atoms with Crippen LogP contribution in [0.3, 0.4) is 0 Å². The molecule has 1 heterocycles. The van der Waals surface area contributed by atoms with Gasteiger partial charge >= 0.3 is 0 Å². The zero-order valence-electron chi connectivity index (χ0n) is 9.18. The van der Waals surface area contributed by atoms with E-state index in [1.807, 2.05) is 0 Å². The predicted molar refractivity (Wildman–Crippen MR) is 60.8 cm³/mol. The molecule has 1 aromatic heterocycles. The van der Waals surface area contributed by atoms with E-state index >= 15 is 0 Å². The van der Waals surface area contributed by atoms with E-state index in [0.717, 1.165) is 11.8 Å². The first kappa shape index (κ1) is 11.3. The minimum Gasteiger partial charge on any atom is -0.439 e. The van der Waals surface area contributed by atoms with E-state index < -0.39 is 0 Å². The minimum absolute atomic E-state index is 0.321. The molecule has 0 saturated heterocycles. The highest BCUT2D eigenvalue weighted by Crippen LogP contribution is 2.22. The molecule has 0 aliphatic carbocycles. The van der Waals surface area contributed by atoms with Crippen LogP contribution in [0.2, 0.25) is 0 Å². The first-order valence-corrected chi connectivity index (χ1v) is 5.04. The van der Waals surface area contributed by atoms with Gasteiger partial charge in [-0.3, -0.25) is 4.79 Å². The maximum absolute atomic E-state index is 12.7. The van der Waals surface area contributed by atoms with Crippen molar-refractivity contribution in [1.82, 2.24) is 4.98 Å². The summed E-state index contributed by atoms with van der Waals surface area (Å²) < 4.78 is 18.2. The number of aldehydes is 1. The molecule has 0 aliphatic rings. The molecule has 3 nitrogen and oxygen atoms in total. The van der Waals surface area contributed by atoms with Crippen molar-refractivity contribution in [2.24, 2.45) is 0 Å². The van der Waals surface area contributed by atoms with Crippen molar-refractivity contribution in [2.45, 2.75) is 6.92 Å². The number of pyridine rings is 1. The molecule has 0 N–H and O–H groups in total. The van der Waals surface area contributed by atoms with Gasteiger partial charge in [0.1, 0.15) is 11.6 Å². The normalized spacial score (nSPS) is 10.0. The Labute approximate surface area is 97.9 Å². The van der Waals surface area contributed by atoms with Gasteiger partial charge in [0.25, 0.3) is 0 Å². The summed E-state index contributed by atoms with van der Waals surface area (Å²) in [6.45, 7) is 1.79. The average Bonchev–Trinajstić information content (AvgIpc) is 2.34. The van der Waals surface area contributed by atoms with Crippen molar-refractivity contribution in [3.63, 3.8) is 0 Å². The lowest BCUT2D eigenvalue weighted by atomic mass is 10.2. The molecule has 0 amide bonds. The highest BCUT2D eigenvalue weighted by molar-refractivity contribution is 5.74. The Kier molecular flexibility index (Phi) is 3.14. The van der Waals surface area contributed by atoms with Crippen LogP contribution in [-0.4, -0.2) is 11.3 Å². The number of ether oxygens (including phenoxy) is 1. The van der Waals surface area contributed by atoms with Crippen molar-refractivity contribution in [1.29, 1.82) is 0 Å². The number of halogens is 1. The topological polar surface area (TPSA) is 39.2 Å². The standard InChI is InChI=1S/C13H10FNO2/c1-9-6-10(8-16)7-15-13(9)17-12-4-2-11(14)3-5-12/h2-8H,1H3. The molecule has 1 aromatic carbocycles. The van der Waals surface area contributed by atoms with E-state index in [1.165, 1.54) is 30.5 Å². The third kappa shape index (κ3) is 2.66. The van der Waals surface area contributed by atoms with Crippen molar-refractivity contribution in [3.8, 4) is 11.6 Å². The van der Waals surface area contributed by atoms with Crippen LogP contribution in [0, 0.1) is 12.7 Å². The van der Waals surface area contributed by atoms with E-state index in [9.17, 15) is 9.18 Å². The van der Waals surface area contributed by atoms with E-state index in [-0.39, 0.29) is 5.82 Å². The number of hydrogen-bond acceptors (Lipinski definition) is 3. The number of aryl methyl sites for hydroxylation is 1. The fourth-order valence-electron chi connectivity index (χ4n) is 1.37. The maximum Gasteiger partial charge on any atom is 0.222 e. The molecule has 4 heteroatoms. The van der Waals surface area contributed by atoms with Crippen LogP contribution in [0.4, 0.5) is 4.39 Å². The SMILES string of the molecule is Cc1cc(C=O)cnc1Oc1ccc(F)cc1. The molecule has 2 rings (SSSR count). The van der Waals surface area contributed by atoms with Crippen LogP contribution < -0.4 is 4.74 Å². The summed E-state index contributed by atoms with van der Waals surface area (Å²) in [5.41, 5.74) is 1.24. The van der Waals surface area contributed by atoms with Crippen LogP contribution in [0.25, 0.3) is 0 Å². The van der Waals surface area contributed by atoms with Gasteiger partial charge < -0.3 is 4.74 Å². The molecule has 0 bridgehead atoms. The van der Waals surface area contributed by atoms with Gasteiger partial charge in [-0.25, -0.2) is 9.37 Å². The Bertz CT molecular complexity index is 538. The monoisotopic (exact) mass is 231 g/mol. The van der Waals surface area contributed by atoms with Gasteiger partial charge in [-0.15, -0.1) is 0 Å². The summed E-state index contributed by atoms with van der Waals surface area (Å²) in [6, 6.07) is 7.34. The molecular formula is C13H10FNO2. The maximum atomic E-state index is 12.7. The first-order valence-electron chi connectivity index (χ1n) is 5.04. The number of carbonyl (C=O) groups is 1. The summed E-state index contributed by atoms with van der Waals surface area (Å²) in [5.74, 6) is 0.585. The highest BCUT2D eigenvalue weighted by Gasteiger charge is 2.04. The number of nitrogens with zero attached hydrogens (tertiary/aromatic N) is 1. The van der Waals surface area contributed by atoms with Gasteiger partial charge in [0, 0.05) is 17.3 Å². The molecule has 2 aromatic rings. The first-order chi connectivity index (χ1) is 8.19. The van der Waals surface area contributed by atoms with Crippen LogP contribution in [0.1, 0.15) is 15.9 Å². The second kappa shape index (κ2) is 4.74. The van der Waals surface area contributed by atoms with E-state index in [2.05, 4.69) is 4.98 Å². The molecule has 0 atom stereocenters. The molecule has 0 aliphatic heterocycles. The Morgan fingerprint density at radius 3 is 2.59 bits per heavy atom. The third-order valence-electron chi connectivity index (χ3n) is 2.22. The second-order valence-corrected chi connectivity index (χ2v) is 3.56. The predicted octanol–water partition coefficient (Wildman–Crippen LogP) is 3.13. The van der Waals surface area contributed by atoms with Crippen LogP contribution in [0.5, 0.6) is 11.6 Å². The number of aromatic nitrogens is 1. The van der Waals surface area contributed by atoms with Gasteiger partial charge in [0.15, 0.2) is 6.29 Å². The lowest BCUT2D eigenvalue weighted by Gasteiger charge is -2.07. The zero-order chi connectivity index (χ0) is 12.3.